The van der Waals surface area contributed by atoms with Crippen molar-refractivity contribution < 1.29 is 4.79 Å². The molecule has 0 aliphatic carbocycles. The Labute approximate surface area is 108 Å². The first kappa shape index (κ1) is 12.1. The number of nitrogens with zero attached hydrogens (tertiary/aromatic N) is 1. The number of amides is 1. The molecule has 0 saturated carbocycles. The maximum absolute atomic E-state index is 11.8. The number of halogens is 1. The Kier molecular flexibility index (Phi) is 3.76. The fraction of sp³-hybridized carbons (Fsp3) is 0.167. The number of nitrogens with one attached hydrogen (secondary N) is 1. The third-order valence-corrected chi connectivity index (χ3v) is 3.51. The van der Waals surface area contributed by atoms with Gasteiger partial charge in [-0.2, -0.15) is 11.3 Å². The zero-order valence-electron chi connectivity index (χ0n) is 9.24. The van der Waals surface area contributed by atoms with Crippen molar-refractivity contribution in [1.82, 2.24) is 10.3 Å². The van der Waals surface area contributed by atoms with Crippen LogP contribution in [0.25, 0.3) is 0 Å². The van der Waals surface area contributed by atoms with Crippen LogP contribution in [0.15, 0.2) is 29.1 Å². The van der Waals surface area contributed by atoms with Crippen molar-refractivity contribution in [3.63, 3.8) is 0 Å². The average molecular weight is 267 g/mol. The predicted octanol–water partition coefficient (Wildman–Crippen LogP) is 3.03. The number of thiophene rings is 1. The normalized spacial score (nSPS) is 10.2. The Morgan fingerprint density at radius 2 is 2.35 bits per heavy atom. The summed E-state index contributed by atoms with van der Waals surface area (Å²) in [5, 5.41) is 7.27. The van der Waals surface area contributed by atoms with Gasteiger partial charge in [-0.15, -0.1) is 0 Å². The molecule has 3 nitrogen and oxygen atoms in total. The van der Waals surface area contributed by atoms with E-state index in [9.17, 15) is 4.79 Å². The lowest BCUT2D eigenvalue weighted by Gasteiger charge is -2.04. The van der Waals surface area contributed by atoms with Gasteiger partial charge in [-0.25, -0.2) is 4.98 Å². The SMILES string of the molecule is Cc1cscc1CNC(=O)c1ccnc(Cl)c1. The zero-order chi connectivity index (χ0) is 12.3. The summed E-state index contributed by atoms with van der Waals surface area (Å²) in [6.07, 6.45) is 1.52. The van der Waals surface area contributed by atoms with Crippen LogP contribution in [-0.4, -0.2) is 10.9 Å². The van der Waals surface area contributed by atoms with Crippen LogP contribution in [0, 0.1) is 6.92 Å². The highest BCUT2D eigenvalue weighted by molar-refractivity contribution is 7.08. The summed E-state index contributed by atoms with van der Waals surface area (Å²) < 4.78 is 0. The van der Waals surface area contributed by atoms with Crippen molar-refractivity contribution in [1.29, 1.82) is 0 Å². The van der Waals surface area contributed by atoms with E-state index in [4.69, 9.17) is 11.6 Å². The van der Waals surface area contributed by atoms with E-state index in [1.54, 1.807) is 23.5 Å². The second-order valence-electron chi connectivity index (χ2n) is 3.63. The molecule has 1 amide bonds. The number of carbonyl (C=O) groups is 1. The predicted molar refractivity (Wildman–Crippen MR) is 69.5 cm³/mol. The Morgan fingerprint density at radius 3 is 3.00 bits per heavy atom. The van der Waals surface area contributed by atoms with Gasteiger partial charge >= 0.3 is 0 Å². The number of aromatic nitrogens is 1. The maximum atomic E-state index is 11.8. The number of hydrogen-bond acceptors (Lipinski definition) is 3. The molecule has 0 aromatic carbocycles. The van der Waals surface area contributed by atoms with Gasteiger partial charge in [0.1, 0.15) is 5.15 Å². The largest absolute Gasteiger partial charge is 0.348 e. The Hall–Kier alpha value is -1.39. The van der Waals surface area contributed by atoms with E-state index in [0.717, 1.165) is 5.56 Å². The average Bonchev–Trinajstić information content (AvgIpc) is 2.72. The van der Waals surface area contributed by atoms with E-state index >= 15 is 0 Å². The lowest BCUT2D eigenvalue weighted by molar-refractivity contribution is 0.0951. The van der Waals surface area contributed by atoms with E-state index in [1.165, 1.54) is 11.8 Å². The number of rotatable bonds is 3. The van der Waals surface area contributed by atoms with Crippen molar-refractivity contribution in [2.24, 2.45) is 0 Å². The van der Waals surface area contributed by atoms with Crippen molar-refractivity contribution in [2.45, 2.75) is 13.5 Å². The fourth-order valence-electron chi connectivity index (χ4n) is 1.39. The summed E-state index contributed by atoms with van der Waals surface area (Å²) in [6.45, 7) is 2.56. The minimum absolute atomic E-state index is 0.139. The molecule has 0 bridgehead atoms. The molecule has 2 aromatic heterocycles. The van der Waals surface area contributed by atoms with Gasteiger partial charge in [-0.05, 0) is 40.9 Å². The molecular formula is C12H11ClN2OS. The first-order chi connectivity index (χ1) is 8.16. The van der Waals surface area contributed by atoms with Crippen LogP contribution in [-0.2, 0) is 6.54 Å². The summed E-state index contributed by atoms with van der Waals surface area (Å²) in [7, 11) is 0. The highest BCUT2D eigenvalue weighted by Gasteiger charge is 2.07. The van der Waals surface area contributed by atoms with Crippen LogP contribution in [0.5, 0.6) is 0 Å². The summed E-state index contributed by atoms with van der Waals surface area (Å²) in [5.74, 6) is -0.139. The topological polar surface area (TPSA) is 42.0 Å². The van der Waals surface area contributed by atoms with Crippen molar-refractivity contribution in [3.8, 4) is 0 Å². The minimum atomic E-state index is -0.139. The molecule has 2 heterocycles. The molecule has 2 rings (SSSR count). The molecule has 0 saturated heterocycles. The van der Waals surface area contributed by atoms with Gasteiger partial charge in [0.25, 0.3) is 5.91 Å². The van der Waals surface area contributed by atoms with Crippen molar-refractivity contribution in [2.75, 3.05) is 0 Å². The molecule has 0 aliphatic rings. The molecule has 0 radical (unpaired) electrons. The molecule has 88 valence electrons. The summed E-state index contributed by atoms with van der Waals surface area (Å²) >= 11 is 7.36. The molecule has 5 heteroatoms. The molecule has 0 unspecified atom stereocenters. The van der Waals surface area contributed by atoms with Gasteiger partial charge in [-0.3, -0.25) is 4.79 Å². The first-order valence-corrected chi connectivity index (χ1v) is 6.40. The second kappa shape index (κ2) is 5.29. The van der Waals surface area contributed by atoms with Gasteiger partial charge < -0.3 is 5.32 Å². The first-order valence-electron chi connectivity index (χ1n) is 5.08. The van der Waals surface area contributed by atoms with Gasteiger partial charge in [-0.1, -0.05) is 11.6 Å². The molecule has 0 spiro atoms. The summed E-state index contributed by atoms with van der Waals surface area (Å²) in [4.78, 5) is 15.6. The van der Waals surface area contributed by atoms with E-state index in [1.807, 2.05) is 12.3 Å². The van der Waals surface area contributed by atoms with E-state index in [-0.39, 0.29) is 5.91 Å². The van der Waals surface area contributed by atoms with Crippen LogP contribution in [0.3, 0.4) is 0 Å². The minimum Gasteiger partial charge on any atom is -0.348 e. The zero-order valence-corrected chi connectivity index (χ0v) is 10.8. The van der Waals surface area contributed by atoms with E-state index in [0.29, 0.717) is 17.3 Å². The quantitative estimate of drug-likeness (QED) is 0.868. The third-order valence-electron chi connectivity index (χ3n) is 2.39. The molecular weight excluding hydrogens is 256 g/mol. The summed E-state index contributed by atoms with van der Waals surface area (Å²) in [6, 6.07) is 3.19. The number of hydrogen-bond donors (Lipinski definition) is 1. The molecule has 2 aromatic rings. The highest BCUT2D eigenvalue weighted by atomic mass is 35.5. The molecule has 0 atom stereocenters. The van der Waals surface area contributed by atoms with Gasteiger partial charge in [0.15, 0.2) is 0 Å². The van der Waals surface area contributed by atoms with Crippen molar-refractivity contribution in [3.05, 3.63) is 50.9 Å². The number of carbonyl (C=O) groups excluding carboxylic acids is 1. The molecule has 1 N–H and O–H groups in total. The molecule has 17 heavy (non-hydrogen) atoms. The fourth-order valence-corrected chi connectivity index (χ4v) is 2.42. The van der Waals surface area contributed by atoms with E-state index in [2.05, 4.69) is 15.7 Å². The van der Waals surface area contributed by atoms with Crippen LogP contribution in [0.1, 0.15) is 21.5 Å². The highest BCUT2D eigenvalue weighted by Crippen LogP contribution is 2.13. The Bertz CT molecular complexity index is 539. The maximum Gasteiger partial charge on any atom is 0.251 e. The van der Waals surface area contributed by atoms with Crippen LogP contribution < -0.4 is 5.32 Å². The smallest absolute Gasteiger partial charge is 0.251 e. The van der Waals surface area contributed by atoms with Crippen LogP contribution >= 0.6 is 22.9 Å². The standard InChI is InChI=1S/C12H11ClN2OS/c1-8-6-17-7-10(8)5-15-12(16)9-2-3-14-11(13)4-9/h2-4,6-7H,5H2,1H3,(H,15,16). The Morgan fingerprint density at radius 1 is 1.53 bits per heavy atom. The van der Waals surface area contributed by atoms with Crippen LogP contribution in [0.2, 0.25) is 5.15 Å². The monoisotopic (exact) mass is 266 g/mol. The Balaban J connectivity index is 2.01. The van der Waals surface area contributed by atoms with Crippen molar-refractivity contribution >= 4 is 28.8 Å². The lowest BCUT2D eigenvalue weighted by atomic mass is 10.2. The summed E-state index contributed by atoms with van der Waals surface area (Å²) in [5.41, 5.74) is 2.87. The van der Waals surface area contributed by atoms with Gasteiger partial charge in [0.05, 0.1) is 0 Å². The molecule has 0 aliphatic heterocycles. The number of aryl methyl sites for hydroxylation is 1. The second-order valence-corrected chi connectivity index (χ2v) is 4.76. The third kappa shape index (κ3) is 3.05. The molecule has 0 fully saturated rings. The van der Waals surface area contributed by atoms with Crippen LogP contribution in [0.4, 0.5) is 0 Å². The van der Waals surface area contributed by atoms with Gasteiger partial charge in [0, 0.05) is 18.3 Å². The number of pyridine rings is 1. The van der Waals surface area contributed by atoms with E-state index < -0.39 is 0 Å². The lowest BCUT2D eigenvalue weighted by Crippen LogP contribution is -2.22. The van der Waals surface area contributed by atoms with Gasteiger partial charge in [0.2, 0.25) is 0 Å².